The van der Waals surface area contributed by atoms with E-state index in [1.807, 2.05) is 0 Å². The van der Waals surface area contributed by atoms with E-state index in [-0.39, 0.29) is 30.8 Å². The zero-order chi connectivity index (χ0) is 15.9. The van der Waals surface area contributed by atoms with Gasteiger partial charge in [-0.05, 0) is 6.42 Å². The molecule has 1 saturated heterocycles. The minimum absolute atomic E-state index is 0.0267. The standard InChI is InChI=1S/C12H14F3N5O2/c13-12(14,15)8-1-2-20(8)11-9-10(16-5-17-11)19(6-18-9)3-7(22)4-21/h5-8,21-22H,1-4H2/t7-,8?/m0/s1. The van der Waals surface area contributed by atoms with Gasteiger partial charge in [-0.1, -0.05) is 0 Å². The molecular formula is C12H14F3N5O2. The lowest BCUT2D eigenvalue weighted by molar-refractivity contribution is -0.159. The Morgan fingerprint density at radius 2 is 2.09 bits per heavy atom. The molecule has 0 amide bonds. The van der Waals surface area contributed by atoms with E-state index in [2.05, 4.69) is 15.0 Å². The fraction of sp³-hybridized carbons (Fsp3) is 0.583. The minimum Gasteiger partial charge on any atom is -0.394 e. The molecule has 7 nitrogen and oxygen atoms in total. The third-order valence-electron chi connectivity index (χ3n) is 3.67. The van der Waals surface area contributed by atoms with E-state index < -0.39 is 24.9 Å². The topological polar surface area (TPSA) is 87.3 Å². The van der Waals surface area contributed by atoms with Crippen LogP contribution in [0.25, 0.3) is 11.2 Å². The number of rotatable bonds is 4. The molecule has 3 heterocycles. The Hall–Kier alpha value is -1.94. The van der Waals surface area contributed by atoms with Crippen LogP contribution in [-0.2, 0) is 6.54 Å². The Labute approximate surface area is 123 Å². The summed E-state index contributed by atoms with van der Waals surface area (Å²) in [5.74, 6) is 0.135. The zero-order valence-electron chi connectivity index (χ0n) is 11.4. The fourth-order valence-electron chi connectivity index (χ4n) is 2.48. The van der Waals surface area contributed by atoms with E-state index in [4.69, 9.17) is 5.11 Å². The maximum atomic E-state index is 12.9. The molecule has 0 aliphatic carbocycles. The molecule has 2 N–H and O–H groups in total. The van der Waals surface area contributed by atoms with Gasteiger partial charge in [0.05, 0.1) is 25.6 Å². The van der Waals surface area contributed by atoms with Gasteiger partial charge in [0.2, 0.25) is 0 Å². The molecule has 0 spiro atoms. The van der Waals surface area contributed by atoms with Crippen molar-refractivity contribution in [2.24, 2.45) is 0 Å². The van der Waals surface area contributed by atoms with Gasteiger partial charge >= 0.3 is 6.18 Å². The molecule has 22 heavy (non-hydrogen) atoms. The van der Waals surface area contributed by atoms with Gasteiger partial charge in [0, 0.05) is 6.54 Å². The molecule has 2 atom stereocenters. The number of halogens is 3. The first-order valence-corrected chi connectivity index (χ1v) is 6.70. The van der Waals surface area contributed by atoms with Crippen molar-refractivity contribution < 1.29 is 23.4 Å². The highest BCUT2D eigenvalue weighted by Gasteiger charge is 2.49. The van der Waals surface area contributed by atoms with Gasteiger partial charge in [-0.15, -0.1) is 0 Å². The molecule has 2 aromatic heterocycles. The zero-order valence-corrected chi connectivity index (χ0v) is 11.4. The summed E-state index contributed by atoms with van der Waals surface area (Å²) in [6.07, 6.45) is -2.75. The fourth-order valence-corrected chi connectivity index (χ4v) is 2.48. The molecule has 0 saturated carbocycles. The van der Waals surface area contributed by atoms with Gasteiger partial charge in [-0.2, -0.15) is 13.2 Å². The molecule has 3 rings (SSSR count). The number of imidazole rings is 1. The van der Waals surface area contributed by atoms with Crippen molar-refractivity contribution in [1.29, 1.82) is 0 Å². The number of aliphatic hydroxyl groups excluding tert-OH is 2. The van der Waals surface area contributed by atoms with Crippen LogP contribution in [0.15, 0.2) is 12.7 Å². The van der Waals surface area contributed by atoms with Crippen LogP contribution >= 0.6 is 0 Å². The highest BCUT2D eigenvalue weighted by atomic mass is 19.4. The predicted molar refractivity (Wildman–Crippen MR) is 70.2 cm³/mol. The number of aromatic nitrogens is 4. The Morgan fingerprint density at radius 1 is 1.32 bits per heavy atom. The van der Waals surface area contributed by atoms with Crippen molar-refractivity contribution in [2.45, 2.75) is 31.3 Å². The second-order valence-electron chi connectivity index (χ2n) is 5.14. The van der Waals surface area contributed by atoms with Crippen LogP contribution in [0, 0.1) is 0 Å². The molecular weight excluding hydrogens is 303 g/mol. The highest BCUT2D eigenvalue weighted by Crippen LogP contribution is 2.38. The van der Waals surface area contributed by atoms with E-state index in [1.165, 1.54) is 17.2 Å². The Balaban J connectivity index is 1.95. The van der Waals surface area contributed by atoms with Crippen LogP contribution < -0.4 is 4.90 Å². The van der Waals surface area contributed by atoms with Crippen LogP contribution in [0.2, 0.25) is 0 Å². The lowest BCUT2D eigenvalue weighted by Gasteiger charge is -2.42. The molecule has 1 unspecified atom stereocenters. The van der Waals surface area contributed by atoms with Gasteiger partial charge in [-0.3, -0.25) is 0 Å². The largest absolute Gasteiger partial charge is 0.408 e. The number of anilines is 1. The number of aliphatic hydroxyl groups is 2. The van der Waals surface area contributed by atoms with E-state index in [0.29, 0.717) is 5.65 Å². The maximum Gasteiger partial charge on any atom is 0.408 e. The van der Waals surface area contributed by atoms with Crippen molar-refractivity contribution in [3.8, 4) is 0 Å². The lowest BCUT2D eigenvalue weighted by atomic mass is 10.0. The predicted octanol–water partition coefficient (Wildman–Crippen LogP) is 0.320. The van der Waals surface area contributed by atoms with Crippen molar-refractivity contribution in [3.05, 3.63) is 12.7 Å². The number of alkyl halides is 3. The summed E-state index contributed by atoms with van der Waals surface area (Å²) in [5.41, 5.74) is 0.576. The molecule has 0 radical (unpaired) electrons. The first kappa shape index (κ1) is 15.0. The number of hydrogen-bond donors (Lipinski definition) is 2. The minimum atomic E-state index is -4.31. The Bertz CT molecular complexity index is 674. The third-order valence-corrected chi connectivity index (χ3v) is 3.67. The van der Waals surface area contributed by atoms with Crippen LogP contribution in [0.5, 0.6) is 0 Å². The smallest absolute Gasteiger partial charge is 0.394 e. The third kappa shape index (κ3) is 2.48. The summed E-state index contributed by atoms with van der Waals surface area (Å²) >= 11 is 0. The van der Waals surface area contributed by atoms with E-state index in [9.17, 15) is 18.3 Å². The summed E-state index contributed by atoms with van der Waals surface area (Å²) in [6, 6.07) is -1.56. The highest BCUT2D eigenvalue weighted by molar-refractivity contribution is 5.84. The van der Waals surface area contributed by atoms with E-state index in [0.717, 1.165) is 4.90 Å². The lowest BCUT2D eigenvalue weighted by Crippen LogP contribution is -2.56. The van der Waals surface area contributed by atoms with Gasteiger partial charge in [0.25, 0.3) is 0 Å². The summed E-state index contributed by atoms with van der Waals surface area (Å²) in [5, 5.41) is 18.3. The molecule has 120 valence electrons. The number of nitrogens with zero attached hydrogens (tertiary/aromatic N) is 5. The van der Waals surface area contributed by atoms with Crippen LogP contribution in [0.1, 0.15) is 6.42 Å². The summed E-state index contributed by atoms with van der Waals surface area (Å²) in [6.45, 7) is -0.131. The van der Waals surface area contributed by atoms with Gasteiger partial charge in [0.15, 0.2) is 17.0 Å². The van der Waals surface area contributed by atoms with Crippen LogP contribution in [-0.4, -0.2) is 61.2 Å². The quantitative estimate of drug-likeness (QED) is 0.844. The van der Waals surface area contributed by atoms with E-state index >= 15 is 0 Å². The normalized spacial score (nSPS) is 20.2. The molecule has 1 fully saturated rings. The van der Waals surface area contributed by atoms with Gasteiger partial charge in [0.1, 0.15) is 12.4 Å². The van der Waals surface area contributed by atoms with E-state index in [1.54, 1.807) is 0 Å². The van der Waals surface area contributed by atoms with Crippen molar-refractivity contribution in [1.82, 2.24) is 19.5 Å². The molecule has 10 heteroatoms. The Morgan fingerprint density at radius 3 is 2.68 bits per heavy atom. The van der Waals surface area contributed by atoms with Crippen molar-refractivity contribution in [3.63, 3.8) is 0 Å². The molecule has 0 bridgehead atoms. The second kappa shape index (κ2) is 5.36. The number of fused-ring (bicyclic) bond motifs is 1. The first-order chi connectivity index (χ1) is 10.4. The SMILES string of the molecule is OC[C@@H](O)Cn1cnc2c(N3CCC3C(F)(F)F)ncnc21. The molecule has 1 aliphatic heterocycles. The summed E-state index contributed by atoms with van der Waals surface area (Å²) in [7, 11) is 0. The summed E-state index contributed by atoms with van der Waals surface area (Å²) < 4.78 is 40.1. The number of hydrogen-bond acceptors (Lipinski definition) is 6. The summed E-state index contributed by atoms with van der Waals surface area (Å²) in [4.78, 5) is 13.2. The monoisotopic (exact) mass is 317 g/mol. The van der Waals surface area contributed by atoms with Gasteiger partial charge < -0.3 is 19.7 Å². The van der Waals surface area contributed by atoms with Crippen LogP contribution in [0.3, 0.4) is 0 Å². The van der Waals surface area contributed by atoms with Crippen molar-refractivity contribution >= 4 is 17.0 Å². The maximum absolute atomic E-state index is 12.9. The average molecular weight is 317 g/mol. The second-order valence-corrected chi connectivity index (χ2v) is 5.14. The molecule has 2 aromatic rings. The van der Waals surface area contributed by atoms with Crippen molar-refractivity contribution in [2.75, 3.05) is 18.1 Å². The Kier molecular flexibility index (Phi) is 3.65. The average Bonchev–Trinajstić information content (AvgIpc) is 2.80. The van der Waals surface area contributed by atoms with Gasteiger partial charge in [-0.25, -0.2) is 15.0 Å². The molecule has 0 aromatic carbocycles. The first-order valence-electron chi connectivity index (χ1n) is 6.70. The van der Waals surface area contributed by atoms with Crippen LogP contribution in [0.4, 0.5) is 19.0 Å². The molecule has 1 aliphatic rings.